The molecule has 4 nitrogen and oxygen atoms in total. The number of thioether (sulfide) groups is 1. The number of hydrogen-bond acceptors (Lipinski definition) is 4. The standard InChI is InChI=1S/C11H13N3OS/c1-16-11-12-4-8-9(13-11)6-14(10(8)15)5-7-2-3-7/h4,7H,2-3,5-6H2,1H3. The Kier molecular flexibility index (Phi) is 2.35. The molecule has 1 saturated carbocycles. The summed E-state index contributed by atoms with van der Waals surface area (Å²) in [6.45, 7) is 1.56. The molecule has 16 heavy (non-hydrogen) atoms. The molecule has 1 aliphatic heterocycles. The van der Waals surface area contributed by atoms with E-state index in [0.717, 1.165) is 23.3 Å². The van der Waals surface area contributed by atoms with Gasteiger partial charge >= 0.3 is 0 Å². The summed E-state index contributed by atoms with van der Waals surface area (Å²) in [6, 6.07) is 0. The first kappa shape index (κ1) is 10.1. The lowest BCUT2D eigenvalue weighted by Gasteiger charge is -2.13. The number of aromatic nitrogens is 2. The highest BCUT2D eigenvalue weighted by molar-refractivity contribution is 7.98. The van der Waals surface area contributed by atoms with Crippen molar-refractivity contribution < 1.29 is 4.79 Å². The molecule has 5 heteroatoms. The van der Waals surface area contributed by atoms with E-state index in [1.54, 1.807) is 6.20 Å². The van der Waals surface area contributed by atoms with E-state index in [4.69, 9.17) is 0 Å². The van der Waals surface area contributed by atoms with Crippen molar-refractivity contribution in [3.63, 3.8) is 0 Å². The van der Waals surface area contributed by atoms with Gasteiger partial charge < -0.3 is 4.90 Å². The Morgan fingerprint density at radius 2 is 2.38 bits per heavy atom. The third kappa shape index (κ3) is 1.69. The Labute approximate surface area is 98.5 Å². The van der Waals surface area contributed by atoms with Gasteiger partial charge in [0, 0.05) is 12.7 Å². The summed E-state index contributed by atoms with van der Waals surface area (Å²) in [4.78, 5) is 22.4. The Morgan fingerprint density at radius 3 is 3.06 bits per heavy atom. The Morgan fingerprint density at radius 1 is 1.56 bits per heavy atom. The van der Waals surface area contributed by atoms with Gasteiger partial charge in [0.25, 0.3) is 5.91 Å². The van der Waals surface area contributed by atoms with Gasteiger partial charge in [0.2, 0.25) is 0 Å². The normalized spacial score (nSPS) is 19.1. The molecule has 0 aromatic carbocycles. The summed E-state index contributed by atoms with van der Waals surface area (Å²) in [5, 5.41) is 0.750. The molecule has 0 saturated heterocycles. The van der Waals surface area contributed by atoms with Crippen LogP contribution in [0.15, 0.2) is 11.4 Å². The number of fused-ring (bicyclic) bond motifs is 1. The Bertz CT molecular complexity index is 445. The van der Waals surface area contributed by atoms with Crippen LogP contribution < -0.4 is 0 Å². The first-order chi connectivity index (χ1) is 7.78. The lowest BCUT2D eigenvalue weighted by Crippen LogP contribution is -2.26. The van der Waals surface area contributed by atoms with Gasteiger partial charge in [-0.25, -0.2) is 9.97 Å². The van der Waals surface area contributed by atoms with Crippen molar-refractivity contribution in [3.05, 3.63) is 17.5 Å². The maximum atomic E-state index is 12.0. The molecule has 0 bridgehead atoms. The SMILES string of the molecule is CSc1ncc2c(n1)CN(CC1CC1)C2=O. The van der Waals surface area contributed by atoms with Crippen LogP contribution in [0.4, 0.5) is 0 Å². The van der Waals surface area contributed by atoms with Gasteiger partial charge in [0.1, 0.15) is 0 Å². The molecule has 0 N–H and O–H groups in total. The molecule has 1 aliphatic carbocycles. The molecule has 2 heterocycles. The van der Waals surface area contributed by atoms with E-state index in [-0.39, 0.29) is 5.91 Å². The van der Waals surface area contributed by atoms with Crippen LogP contribution in [0.5, 0.6) is 0 Å². The summed E-state index contributed by atoms with van der Waals surface area (Å²) in [5.41, 5.74) is 1.59. The average Bonchev–Trinajstić information content (AvgIpc) is 3.05. The highest BCUT2D eigenvalue weighted by Gasteiger charge is 2.33. The van der Waals surface area contributed by atoms with E-state index in [2.05, 4.69) is 9.97 Å². The van der Waals surface area contributed by atoms with Crippen LogP contribution in [0.1, 0.15) is 28.9 Å². The van der Waals surface area contributed by atoms with Crippen molar-refractivity contribution in [2.24, 2.45) is 5.92 Å². The molecule has 1 fully saturated rings. The first-order valence-electron chi connectivity index (χ1n) is 5.47. The Balaban J connectivity index is 1.84. The summed E-state index contributed by atoms with van der Waals surface area (Å²) in [5.74, 6) is 0.834. The zero-order valence-electron chi connectivity index (χ0n) is 9.14. The second kappa shape index (κ2) is 3.73. The quantitative estimate of drug-likeness (QED) is 0.589. The van der Waals surface area contributed by atoms with Crippen molar-refractivity contribution in [2.75, 3.05) is 12.8 Å². The third-order valence-electron chi connectivity index (χ3n) is 3.06. The fourth-order valence-electron chi connectivity index (χ4n) is 1.98. The number of rotatable bonds is 3. The predicted molar refractivity (Wildman–Crippen MR) is 61.3 cm³/mol. The predicted octanol–water partition coefficient (Wildman–Crippen LogP) is 1.56. The lowest BCUT2D eigenvalue weighted by atomic mass is 10.3. The van der Waals surface area contributed by atoms with Gasteiger partial charge in [-0.1, -0.05) is 11.8 Å². The molecule has 0 radical (unpaired) electrons. The van der Waals surface area contributed by atoms with E-state index in [9.17, 15) is 4.79 Å². The molecular weight excluding hydrogens is 222 g/mol. The minimum atomic E-state index is 0.106. The van der Waals surface area contributed by atoms with Crippen LogP contribution in [0, 0.1) is 5.92 Å². The highest BCUT2D eigenvalue weighted by atomic mass is 32.2. The second-order valence-corrected chi connectivity index (χ2v) is 5.12. The fourth-order valence-corrected chi connectivity index (χ4v) is 2.34. The molecule has 1 aromatic rings. The van der Waals surface area contributed by atoms with Crippen molar-refractivity contribution in [2.45, 2.75) is 24.5 Å². The number of nitrogens with zero attached hydrogens (tertiary/aromatic N) is 3. The second-order valence-electron chi connectivity index (χ2n) is 4.35. The lowest BCUT2D eigenvalue weighted by molar-refractivity contribution is 0.0770. The summed E-state index contributed by atoms with van der Waals surface area (Å²) < 4.78 is 0. The zero-order chi connectivity index (χ0) is 11.1. The van der Waals surface area contributed by atoms with Crippen LogP contribution in [0.25, 0.3) is 0 Å². The van der Waals surface area contributed by atoms with Gasteiger partial charge in [0.05, 0.1) is 17.8 Å². The van der Waals surface area contributed by atoms with Gasteiger partial charge in [-0.2, -0.15) is 0 Å². The van der Waals surface area contributed by atoms with Crippen LogP contribution in [0.2, 0.25) is 0 Å². The number of carbonyl (C=O) groups excluding carboxylic acids is 1. The number of hydrogen-bond donors (Lipinski definition) is 0. The summed E-state index contributed by atoms with van der Waals surface area (Å²) in [6.07, 6.45) is 6.15. The molecule has 1 aromatic heterocycles. The largest absolute Gasteiger partial charge is 0.332 e. The van der Waals surface area contributed by atoms with E-state index < -0.39 is 0 Å². The van der Waals surface area contributed by atoms with Crippen LogP contribution in [-0.4, -0.2) is 33.6 Å². The van der Waals surface area contributed by atoms with Crippen LogP contribution in [-0.2, 0) is 6.54 Å². The van der Waals surface area contributed by atoms with Gasteiger partial charge in [-0.3, -0.25) is 4.79 Å². The molecule has 3 rings (SSSR count). The monoisotopic (exact) mass is 235 g/mol. The highest BCUT2D eigenvalue weighted by Crippen LogP contribution is 2.32. The molecule has 0 spiro atoms. The van der Waals surface area contributed by atoms with Gasteiger partial charge in [0.15, 0.2) is 5.16 Å². The molecular formula is C11H13N3OS. The summed E-state index contributed by atoms with van der Waals surface area (Å²) in [7, 11) is 0. The Hall–Kier alpha value is -1.10. The zero-order valence-corrected chi connectivity index (χ0v) is 9.96. The third-order valence-corrected chi connectivity index (χ3v) is 3.62. The van der Waals surface area contributed by atoms with E-state index >= 15 is 0 Å². The minimum absolute atomic E-state index is 0.106. The molecule has 1 amide bonds. The fraction of sp³-hybridized carbons (Fsp3) is 0.545. The van der Waals surface area contributed by atoms with Gasteiger partial charge in [-0.05, 0) is 25.0 Å². The maximum absolute atomic E-state index is 12.0. The van der Waals surface area contributed by atoms with E-state index in [1.807, 2.05) is 11.2 Å². The van der Waals surface area contributed by atoms with Crippen molar-refractivity contribution in [1.82, 2.24) is 14.9 Å². The molecule has 0 atom stereocenters. The first-order valence-corrected chi connectivity index (χ1v) is 6.69. The molecule has 2 aliphatic rings. The molecule has 0 unspecified atom stereocenters. The molecule has 84 valence electrons. The van der Waals surface area contributed by atoms with Crippen molar-refractivity contribution >= 4 is 17.7 Å². The number of carbonyl (C=O) groups is 1. The topological polar surface area (TPSA) is 46.1 Å². The van der Waals surface area contributed by atoms with E-state index in [1.165, 1.54) is 24.6 Å². The maximum Gasteiger partial charge on any atom is 0.257 e. The minimum Gasteiger partial charge on any atom is -0.332 e. The summed E-state index contributed by atoms with van der Waals surface area (Å²) >= 11 is 1.51. The smallest absolute Gasteiger partial charge is 0.257 e. The van der Waals surface area contributed by atoms with Gasteiger partial charge in [-0.15, -0.1) is 0 Å². The van der Waals surface area contributed by atoms with E-state index in [0.29, 0.717) is 12.1 Å². The van der Waals surface area contributed by atoms with Crippen molar-refractivity contribution in [1.29, 1.82) is 0 Å². The van der Waals surface area contributed by atoms with Crippen LogP contribution >= 0.6 is 11.8 Å². The number of amides is 1. The van der Waals surface area contributed by atoms with Crippen LogP contribution in [0.3, 0.4) is 0 Å². The van der Waals surface area contributed by atoms with Crippen molar-refractivity contribution in [3.8, 4) is 0 Å². The average molecular weight is 235 g/mol.